The SMILES string of the molecule is CC(=O)c1cccc(NC(=O)c2cc(NCCC3=CCCCC3)ncn2)c1. The van der Waals surface area contributed by atoms with Crippen LogP contribution in [0.1, 0.15) is 59.9 Å². The number of hydrogen-bond donors (Lipinski definition) is 2. The zero-order valence-electron chi connectivity index (χ0n) is 15.5. The summed E-state index contributed by atoms with van der Waals surface area (Å²) in [5, 5.41) is 6.03. The van der Waals surface area contributed by atoms with E-state index >= 15 is 0 Å². The third kappa shape index (κ3) is 5.48. The predicted molar refractivity (Wildman–Crippen MR) is 106 cm³/mol. The second-order valence-corrected chi connectivity index (χ2v) is 6.66. The standard InChI is InChI=1S/C21H24N4O2/c1-15(26)17-8-5-9-18(12-17)25-21(27)19-13-20(24-14-23-19)22-11-10-16-6-3-2-4-7-16/h5-6,8-9,12-14H,2-4,7,10-11H2,1H3,(H,25,27)(H,22,23,24). The number of nitrogens with zero attached hydrogens (tertiary/aromatic N) is 2. The molecule has 0 bridgehead atoms. The first kappa shape index (κ1) is 18.8. The number of anilines is 2. The first-order valence-electron chi connectivity index (χ1n) is 9.28. The third-order valence-corrected chi connectivity index (χ3v) is 4.56. The highest BCUT2D eigenvalue weighted by molar-refractivity contribution is 6.04. The van der Waals surface area contributed by atoms with E-state index in [-0.39, 0.29) is 17.4 Å². The molecule has 0 spiro atoms. The number of allylic oxidation sites excluding steroid dienone is 1. The lowest BCUT2D eigenvalue weighted by Crippen LogP contribution is -2.15. The van der Waals surface area contributed by atoms with E-state index in [1.165, 1.54) is 44.5 Å². The van der Waals surface area contributed by atoms with Gasteiger partial charge in [-0.15, -0.1) is 0 Å². The summed E-state index contributed by atoms with van der Waals surface area (Å²) in [6.45, 7) is 2.28. The second-order valence-electron chi connectivity index (χ2n) is 6.66. The number of hydrogen-bond acceptors (Lipinski definition) is 5. The molecule has 0 aliphatic heterocycles. The minimum atomic E-state index is -0.337. The van der Waals surface area contributed by atoms with Gasteiger partial charge in [0.25, 0.3) is 5.91 Å². The maximum atomic E-state index is 12.4. The number of Topliss-reactive ketones (excluding diaryl/α,β-unsaturated/α-hetero) is 1. The first-order valence-corrected chi connectivity index (χ1v) is 9.28. The van der Waals surface area contributed by atoms with Gasteiger partial charge in [-0.3, -0.25) is 9.59 Å². The van der Waals surface area contributed by atoms with Crippen LogP contribution in [0.15, 0.2) is 48.3 Å². The number of amides is 1. The van der Waals surface area contributed by atoms with Crippen molar-refractivity contribution >= 4 is 23.2 Å². The Hall–Kier alpha value is -3.02. The zero-order valence-corrected chi connectivity index (χ0v) is 15.5. The lowest BCUT2D eigenvalue weighted by atomic mass is 9.97. The lowest BCUT2D eigenvalue weighted by molar-refractivity contribution is 0.100. The quantitative estimate of drug-likeness (QED) is 0.567. The number of carbonyl (C=O) groups excluding carboxylic acids is 2. The molecule has 0 atom stereocenters. The molecule has 1 heterocycles. The average molecular weight is 364 g/mol. The Bertz CT molecular complexity index is 861. The van der Waals surface area contributed by atoms with Gasteiger partial charge in [0, 0.05) is 23.9 Å². The predicted octanol–water partition coefficient (Wildman–Crippen LogP) is 4.23. The van der Waals surface area contributed by atoms with Gasteiger partial charge in [0.1, 0.15) is 17.8 Å². The number of ketones is 1. The molecule has 1 amide bonds. The van der Waals surface area contributed by atoms with Crippen LogP contribution in [0.2, 0.25) is 0 Å². The van der Waals surface area contributed by atoms with E-state index in [4.69, 9.17) is 0 Å². The van der Waals surface area contributed by atoms with Crippen LogP contribution in [0.5, 0.6) is 0 Å². The van der Waals surface area contributed by atoms with Crippen LogP contribution in [0.4, 0.5) is 11.5 Å². The first-order chi connectivity index (χ1) is 13.1. The van der Waals surface area contributed by atoms with Gasteiger partial charge in [-0.1, -0.05) is 23.8 Å². The molecule has 2 N–H and O–H groups in total. The third-order valence-electron chi connectivity index (χ3n) is 4.56. The van der Waals surface area contributed by atoms with Gasteiger partial charge in [0.05, 0.1) is 0 Å². The van der Waals surface area contributed by atoms with E-state index < -0.39 is 0 Å². The largest absolute Gasteiger partial charge is 0.370 e. The Morgan fingerprint density at radius 2 is 2.04 bits per heavy atom. The van der Waals surface area contributed by atoms with Gasteiger partial charge in [-0.2, -0.15) is 0 Å². The molecule has 140 valence electrons. The normalized spacial score (nSPS) is 13.6. The molecule has 6 heteroatoms. The van der Waals surface area contributed by atoms with Crippen molar-refractivity contribution in [3.05, 3.63) is 59.6 Å². The zero-order chi connectivity index (χ0) is 19.1. The molecular formula is C21H24N4O2. The maximum absolute atomic E-state index is 12.4. The Kier molecular flexibility index (Phi) is 6.30. The highest BCUT2D eigenvalue weighted by Gasteiger charge is 2.10. The van der Waals surface area contributed by atoms with Crippen LogP contribution < -0.4 is 10.6 Å². The summed E-state index contributed by atoms with van der Waals surface area (Å²) in [7, 11) is 0. The topological polar surface area (TPSA) is 84.0 Å². The van der Waals surface area contributed by atoms with E-state index in [2.05, 4.69) is 26.7 Å². The summed E-state index contributed by atoms with van der Waals surface area (Å²) in [6.07, 6.45) is 9.62. The van der Waals surface area contributed by atoms with E-state index in [9.17, 15) is 9.59 Å². The van der Waals surface area contributed by atoms with Crippen LogP contribution in [-0.2, 0) is 0 Å². The van der Waals surface area contributed by atoms with Crippen molar-refractivity contribution < 1.29 is 9.59 Å². The highest BCUT2D eigenvalue weighted by atomic mass is 16.2. The van der Waals surface area contributed by atoms with Crippen molar-refractivity contribution in [1.29, 1.82) is 0 Å². The molecule has 0 fully saturated rings. The maximum Gasteiger partial charge on any atom is 0.274 e. The van der Waals surface area contributed by atoms with Crippen LogP contribution >= 0.6 is 0 Å². The minimum Gasteiger partial charge on any atom is -0.370 e. The van der Waals surface area contributed by atoms with Gasteiger partial charge in [-0.05, 0) is 51.2 Å². The number of nitrogens with one attached hydrogen (secondary N) is 2. The summed E-state index contributed by atoms with van der Waals surface area (Å²) in [5.41, 5.74) is 2.88. The second kappa shape index (κ2) is 9.07. The number of aromatic nitrogens is 2. The van der Waals surface area contributed by atoms with E-state index in [0.29, 0.717) is 17.1 Å². The van der Waals surface area contributed by atoms with Gasteiger partial charge in [0.15, 0.2) is 5.78 Å². The molecule has 0 saturated heterocycles. The molecule has 6 nitrogen and oxygen atoms in total. The van der Waals surface area contributed by atoms with Crippen LogP contribution in [0.25, 0.3) is 0 Å². The summed E-state index contributed by atoms with van der Waals surface area (Å²) in [5.74, 6) is 0.243. The fourth-order valence-corrected chi connectivity index (χ4v) is 3.07. The molecule has 1 aliphatic carbocycles. The van der Waals surface area contributed by atoms with Crippen molar-refractivity contribution in [3.63, 3.8) is 0 Å². The highest BCUT2D eigenvalue weighted by Crippen LogP contribution is 2.20. The fraction of sp³-hybridized carbons (Fsp3) is 0.333. The summed E-state index contributed by atoms with van der Waals surface area (Å²) < 4.78 is 0. The summed E-state index contributed by atoms with van der Waals surface area (Å²) in [4.78, 5) is 32.1. The fourth-order valence-electron chi connectivity index (χ4n) is 3.07. The molecular weight excluding hydrogens is 340 g/mol. The molecule has 3 rings (SSSR count). The lowest BCUT2D eigenvalue weighted by Gasteiger charge is -2.13. The molecule has 1 aromatic heterocycles. The number of rotatable bonds is 7. The van der Waals surface area contributed by atoms with Gasteiger partial charge >= 0.3 is 0 Å². The molecule has 0 radical (unpaired) electrons. The van der Waals surface area contributed by atoms with Gasteiger partial charge in [-0.25, -0.2) is 9.97 Å². The smallest absolute Gasteiger partial charge is 0.274 e. The minimum absolute atomic E-state index is 0.0484. The van der Waals surface area contributed by atoms with E-state index in [1.54, 1.807) is 30.3 Å². The molecule has 1 aromatic carbocycles. The summed E-state index contributed by atoms with van der Waals surface area (Å²) >= 11 is 0. The van der Waals surface area contributed by atoms with Gasteiger partial charge in [0.2, 0.25) is 0 Å². The van der Waals surface area contributed by atoms with Crippen molar-refractivity contribution in [1.82, 2.24) is 9.97 Å². The molecule has 27 heavy (non-hydrogen) atoms. The van der Waals surface area contributed by atoms with E-state index in [1.807, 2.05) is 0 Å². The van der Waals surface area contributed by atoms with Gasteiger partial charge < -0.3 is 10.6 Å². The summed E-state index contributed by atoms with van der Waals surface area (Å²) in [6, 6.07) is 8.48. The van der Waals surface area contributed by atoms with Crippen molar-refractivity contribution in [2.75, 3.05) is 17.2 Å². The van der Waals surface area contributed by atoms with Crippen molar-refractivity contribution in [2.45, 2.75) is 39.0 Å². The molecule has 0 unspecified atom stereocenters. The Morgan fingerprint density at radius 3 is 2.81 bits per heavy atom. The average Bonchev–Trinajstić information content (AvgIpc) is 2.69. The number of benzene rings is 1. The molecule has 2 aromatic rings. The number of carbonyl (C=O) groups is 2. The van der Waals surface area contributed by atoms with Crippen LogP contribution in [0.3, 0.4) is 0 Å². The van der Waals surface area contributed by atoms with Crippen molar-refractivity contribution in [3.8, 4) is 0 Å². The van der Waals surface area contributed by atoms with Crippen LogP contribution in [-0.4, -0.2) is 28.2 Å². The Labute approximate surface area is 159 Å². The van der Waals surface area contributed by atoms with Crippen molar-refractivity contribution in [2.24, 2.45) is 0 Å². The van der Waals surface area contributed by atoms with Crippen LogP contribution in [0, 0.1) is 0 Å². The Morgan fingerprint density at radius 1 is 1.15 bits per heavy atom. The monoisotopic (exact) mass is 364 g/mol. The Balaban J connectivity index is 1.59. The molecule has 1 aliphatic rings. The van der Waals surface area contributed by atoms with E-state index in [0.717, 1.165) is 13.0 Å². The molecule has 0 saturated carbocycles.